The molecule has 2 aliphatic rings. The van der Waals surface area contributed by atoms with Gasteiger partial charge in [-0.25, -0.2) is 0 Å². The average Bonchev–Trinajstić information content (AvgIpc) is 3.83. The first-order chi connectivity index (χ1) is 24.0. The highest BCUT2D eigenvalue weighted by Crippen LogP contribution is 2.60. The maximum absolute atomic E-state index is 14.7. The number of rotatable bonds is 11. The number of hydrogen-bond acceptors (Lipinski definition) is 7. The number of amides is 2. The van der Waals surface area contributed by atoms with Gasteiger partial charge in [0, 0.05) is 70.6 Å². The summed E-state index contributed by atoms with van der Waals surface area (Å²) in [6.07, 6.45) is 4.45. The van der Waals surface area contributed by atoms with E-state index in [1.54, 1.807) is 21.8 Å². The fourth-order valence-corrected chi connectivity index (χ4v) is 10.7. The molecule has 5 aromatic rings. The number of aliphatic hydroxyl groups excluding tert-OH is 1. The van der Waals surface area contributed by atoms with Crippen LogP contribution < -0.4 is 10.2 Å². The number of halogens is 1. The number of anilines is 2. The standard InChI is InChI=1S/C37H41ClN6O5Si/c1-23-35(50(2,3)48)33(14-16-43-22-28(15-17-45)41-42-43)49-37(23)30-19-26(38)10-13-32(30)44(36(37)47)21-24-8-11-27(12-9-24)40-34(46)18-25-20-39-31-7-5-4-6-29(25)31/h4-13,19-20,22-23,33,35,39,45,48H,14-18,21H2,1-3H3,(H,40,46)/t23-,33+,35-,37+/m0/s1. The highest BCUT2D eigenvalue weighted by atomic mass is 35.5. The van der Waals surface area contributed by atoms with E-state index in [4.69, 9.17) is 16.3 Å². The van der Waals surface area contributed by atoms with Gasteiger partial charge in [0.2, 0.25) is 5.91 Å². The van der Waals surface area contributed by atoms with Crippen LogP contribution in [0.4, 0.5) is 11.4 Å². The Hall–Kier alpha value is -4.33. The molecule has 1 spiro atoms. The van der Waals surface area contributed by atoms with Gasteiger partial charge in [-0.05, 0) is 67.0 Å². The van der Waals surface area contributed by atoms with Gasteiger partial charge < -0.3 is 29.8 Å². The minimum atomic E-state index is -2.85. The van der Waals surface area contributed by atoms with Crippen molar-refractivity contribution in [1.29, 1.82) is 0 Å². The molecule has 0 aliphatic carbocycles. The van der Waals surface area contributed by atoms with Crippen LogP contribution in [0.1, 0.15) is 35.7 Å². The number of ether oxygens (including phenoxy) is 1. The largest absolute Gasteiger partial charge is 0.432 e. The number of para-hydroxylation sites is 1. The Bertz CT molecular complexity index is 2040. The maximum atomic E-state index is 14.7. The van der Waals surface area contributed by atoms with E-state index in [-0.39, 0.29) is 42.8 Å². The van der Waals surface area contributed by atoms with Gasteiger partial charge in [0.1, 0.15) is 0 Å². The topological polar surface area (TPSA) is 146 Å². The lowest BCUT2D eigenvalue weighted by Gasteiger charge is -2.32. The van der Waals surface area contributed by atoms with Crippen LogP contribution in [0, 0.1) is 5.92 Å². The van der Waals surface area contributed by atoms with Crippen molar-refractivity contribution >= 4 is 54.0 Å². The molecule has 4 heterocycles. The quantitative estimate of drug-likeness (QED) is 0.131. The number of aliphatic hydroxyl groups is 1. The van der Waals surface area contributed by atoms with Crippen molar-refractivity contribution in [2.75, 3.05) is 16.8 Å². The molecule has 4 atom stereocenters. The number of aromatic amines is 1. The van der Waals surface area contributed by atoms with Gasteiger partial charge >= 0.3 is 0 Å². The van der Waals surface area contributed by atoms with Crippen LogP contribution in [-0.2, 0) is 45.9 Å². The number of fused-ring (bicyclic) bond motifs is 3. The predicted octanol–water partition coefficient (Wildman–Crippen LogP) is 5.56. The molecule has 11 nitrogen and oxygen atoms in total. The molecule has 2 aromatic heterocycles. The average molecular weight is 713 g/mol. The predicted molar refractivity (Wildman–Crippen MR) is 194 cm³/mol. The molecule has 4 N–H and O–H groups in total. The smallest absolute Gasteiger partial charge is 0.264 e. The van der Waals surface area contributed by atoms with E-state index < -0.39 is 20.0 Å². The Kier molecular flexibility index (Phi) is 9.16. The zero-order valence-electron chi connectivity index (χ0n) is 28.3. The molecule has 3 aromatic carbocycles. The zero-order chi connectivity index (χ0) is 35.2. The van der Waals surface area contributed by atoms with E-state index in [9.17, 15) is 19.5 Å². The van der Waals surface area contributed by atoms with Gasteiger partial charge in [0.05, 0.1) is 30.5 Å². The zero-order valence-corrected chi connectivity index (χ0v) is 30.0. The number of carbonyl (C=O) groups excluding carboxylic acids is 2. The van der Waals surface area contributed by atoms with Crippen LogP contribution >= 0.6 is 11.6 Å². The highest BCUT2D eigenvalue weighted by molar-refractivity contribution is 6.71. The van der Waals surface area contributed by atoms with Crippen LogP contribution in [0.2, 0.25) is 23.7 Å². The third-order valence-electron chi connectivity index (χ3n) is 10.1. The number of aryl methyl sites for hydroxylation is 1. The van der Waals surface area contributed by atoms with Crippen molar-refractivity contribution in [2.24, 2.45) is 5.92 Å². The molecule has 0 radical (unpaired) electrons. The van der Waals surface area contributed by atoms with Crippen LogP contribution in [-0.4, -0.2) is 62.7 Å². The summed E-state index contributed by atoms with van der Waals surface area (Å²) in [4.78, 5) is 44.2. The summed E-state index contributed by atoms with van der Waals surface area (Å²) in [5.74, 6) is -0.634. The van der Waals surface area contributed by atoms with Gasteiger partial charge in [-0.1, -0.05) is 54.1 Å². The Morgan fingerprint density at radius 2 is 1.92 bits per heavy atom. The minimum Gasteiger partial charge on any atom is -0.432 e. The van der Waals surface area contributed by atoms with Crippen molar-refractivity contribution in [2.45, 2.75) is 69.6 Å². The van der Waals surface area contributed by atoms with Crippen molar-refractivity contribution in [3.63, 3.8) is 0 Å². The molecule has 0 unspecified atom stereocenters. The SMILES string of the molecule is C[C@H]1[C@H]([Si](C)(C)O)[C@@H](CCn2cc(CCO)nn2)O[C@]12C(=O)N(Cc1ccc(NC(=O)Cc3c[nH]c4ccccc34)cc1)c1ccc(Cl)cc12. The normalized spacial score (nSPS) is 21.8. The van der Waals surface area contributed by atoms with Crippen molar-refractivity contribution in [3.05, 3.63) is 107 Å². The second-order valence-corrected chi connectivity index (χ2v) is 18.3. The lowest BCUT2D eigenvalue weighted by atomic mass is 9.82. The van der Waals surface area contributed by atoms with Gasteiger partial charge in [-0.3, -0.25) is 14.3 Å². The number of H-pyrrole nitrogens is 1. The van der Waals surface area contributed by atoms with Crippen molar-refractivity contribution in [1.82, 2.24) is 20.0 Å². The number of aromatic nitrogens is 4. The molecule has 0 saturated carbocycles. The van der Waals surface area contributed by atoms with E-state index in [1.165, 1.54) is 0 Å². The van der Waals surface area contributed by atoms with Crippen molar-refractivity contribution in [3.8, 4) is 0 Å². The fourth-order valence-electron chi connectivity index (χ4n) is 7.95. The Balaban J connectivity index is 1.10. The summed E-state index contributed by atoms with van der Waals surface area (Å²) < 4.78 is 8.62. The Morgan fingerprint density at radius 3 is 2.68 bits per heavy atom. The molecule has 260 valence electrons. The first-order valence-electron chi connectivity index (χ1n) is 16.9. The van der Waals surface area contributed by atoms with Gasteiger partial charge in [-0.2, -0.15) is 0 Å². The third-order valence-corrected chi connectivity index (χ3v) is 12.9. The number of benzene rings is 3. The second kappa shape index (κ2) is 13.4. The fraction of sp³-hybridized carbons (Fsp3) is 0.351. The molecular weight excluding hydrogens is 672 g/mol. The summed E-state index contributed by atoms with van der Waals surface area (Å²) in [5.41, 5.74) is 4.04. The Morgan fingerprint density at radius 1 is 1.14 bits per heavy atom. The number of nitrogens with one attached hydrogen (secondary N) is 2. The Labute approximate surface area is 296 Å². The molecule has 2 amide bonds. The van der Waals surface area contributed by atoms with Crippen LogP contribution in [0.5, 0.6) is 0 Å². The summed E-state index contributed by atoms with van der Waals surface area (Å²) in [6, 6.07) is 20.9. The van der Waals surface area contributed by atoms with Gasteiger partial charge in [0.25, 0.3) is 5.91 Å². The third kappa shape index (κ3) is 6.26. The van der Waals surface area contributed by atoms with E-state index in [2.05, 4.69) is 20.6 Å². The molecule has 13 heteroatoms. The summed E-state index contributed by atoms with van der Waals surface area (Å²) in [5, 5.41) is 22.1. The molecule has 2 aliphatic heterocycles. The lowest BCUT2D eigenvalue weighted by Crippen LogP contribution is -2.46. The van der Waals surface area contributed by atoms with Crippen LogP contribution in [0.3, 0.4) is 0 Å². The minimum absolute atomic E-state index is 0.00930. The van der Waals surface area contributed by atoms with Crippen LogP contribution in [0.15, 0.2) is 79.1 Å². The second-order valence-electron chi connectivity index (χ2n) is 13.9. The number of carbonyl (C=O) groups is 2. The van der Waals surface area contributed by atoms with E-state index in [1.807, 2.05) is 86.9 Å². The first-order valence-corrected chi connectivity index (χ1v) is 20.3. The molecular formula is C37H41ClN6O5Si. The molecule has 0 bridgehead atoms. The van der Waals surface area contributed by atoms with E-state index in [0.717, 1.165) is 27.7 Å². The van der Waals surface area contributed by atoms with E-state index in [0.29, 0.717) is 41.4 Å². The molecule has 7 rings (SSSR count). The first kappa shape index (κ1) is 34.1. The summed E-state index contributed by atoms with van der Waals surface area (Å²) in [7, 11) is -2.85. The van der Waals surface area contributed by atoms with Gasteiger partial charge in [-0.15, -0.1) is 5.10 Å². The molecule has 1 saturated heterocycles. The summed E-state index contributed by atoms with van der Waals surface area (Å²) in [6.45, 7) is 6.56. The number of nitrogens with zero attached hydrogens (tertiary/aromatic N) is 4. The monoisotopic (exact) mass is 712 g/mol. The summed E-state index contributed by atoms with van der Waals surface area (Å²) >= 11 is 6.55. The lowest BCUT2D eigenvalue weighted by molar-refractivity contribution is -0.146. The van der Waals surface area contributed by atoms with Gasteiger partial charge in [0.15, 0.2) is 13.9 Å². The van der Waals surface area contributed by atoms with Crippen molar-refractivity contribution < 1.29 is 24.2 Å². The highest BCUT2D eigenvalue weighted by Gasteiger charge is 2.66. The van der Waals surface area contributed by atoms with E-state index >= 15 is 0 Å². The maximum Gasteiger partial charge on any atom is 0.264 e. The molecule has 1 fully saturated rings. The molecule has 50 heavy (non-hydrogen) atoms. The van der Waals surface area contributed by atoms with Crippen LogP contribution in [0.25, 0.3) is 10.9 Å². The number of hydrogen-bond donors (Lipinski definition) is 4.